The predicted octanol–water partition coefficient (Wildman–Crippen LogP) is 2.25. The first kappa shape index (κ1) is 12.0. The van der Waals surface area contributed by atoms with Crippen LogP contribution in [0.1, 0.15) is 23.6 Å². The molecule has 0 unspecified atom stereocenters. The van der Waals surface area contributed by atoms with E-state index in [0.29, 0.717) is 13.2 Å². The first-order valence-electron chi connectivity index (χ1n) is 5.04. The highest BCUT2D eigenvalue weighted by Crippen LogP contribution is 2.26. The lowest BCUT2D eigenvalue weighted by atomic mass is 10.0. The van der Waals surface area contributed by atoms with Crippen LogP contribution in [0.2, 0.25) is 0 Å². The van der Waals surface area contributed by atoms with Crippen LogP contribution in [0.3, 0.4) is 0 Å². The summed E-state index contributed by atoms with van der Waals surface area (Å²) in [4.78, 5) is 0. The Morgan fingerprint density at radius 2 is 1.53 bits per heavy atom. The van der Waals surface area contributed by atoms with Crippen molar-refractivity contribution >= 4 is 0 Å². The third kappa shape index (κ3) is 2.94. The molecule has 3 nitrogen and oxygen atoms in total. The van der Waals surface area contributed by atoms with Crippen LogP contribution in [-0.4, -0.2) is 19.3 Å². The number of phenols is 1. The summed E-state index contributed by atoms with van der Waals surface area (Å²) in [5, 5.41) is 9.91. The fraction of sp³-hybridized carbons (Fsp3) is 0.500. The van der Waals surface area contributed by atoms with Crippen molar-refractivity contribution in [2.45, 2.75) is 26.6 Å². The van der Waals surface area contributed by atoms with Gasteiger partial charge in [-0.2, -0.15) is 0 Å². The van der Waals surface area contributed by atoms with E-state index >= 15 is 0 Å². The van der Waals surface area contributed by atoms with Crippen LogP contribution in [-0.2, 0) is 29.1 Å². The number of aryl methyl sites for hydroxylation is 1. The molecule has 0 bridgehead atoms. The second kappa shape index (κ2) is 5.73. The molecule has 84 valence electrons. The minimum absolute atomic E-state index is 0.288. The molecule has 0 aliphatic carbocycles. The lowest BCUT2D eigenvalue weighted by Crippen LogP contribution is -1.97. The molecule has 0 radical (unpaired) electrons. The lowest BCUT2D eigenvalue weighted by molar-refractivity contribution is 0.174. The highest BCUT2D eigenvalue weighted by atomic mass is 16.5. The number of ether oxygens (including phenoxy) is 2. The van der Waals surface area contributed by atoms with Crippen molar-refractivity contribution in [2.75, 3.05) is 14.2 Å². The van der Waals surface area contributed by atoms with Crippen molar-refractivity contribution in [3.63, 3.8) is 0 Å². The minimum atomic E-state index is 0.288. The molecular weight excluding hydrogens is 192 g/mol. The molecular formula is C12H18O3. The van der Waals surface area contributed by atoms with E-state index in [9.17, 15) is 5.11 Å². The third-order valence-electron chi connectivity index (χ3n) is 2.34. The van der Waals surface area contributed by atoms with Gasteiger partial charge in [0.15, 0.2) is 0 Å². The van der Waals surface area contributed by atoms with Crippen LogP contribution >= 0.6 is 0 Å². The predicted molar refractivity (Wildman–Crippen MR) is 58.9 cm³/mol. The van der Waals surface area contributed by atoms with Gasteiger partial charge in [-0.1, -0.05) is 6.92 Å². The van der Waals surface area contributed by atoms with E-state index in [0.717, 1.165) is 17.5 Å². The van der Waals surface area contributed by atoms with Crippen molar-refractivity contribution in [3.05, 3.63) is 28.8 Å². The highest BCUT2D eigenvalue weighted by Gasteiger charge is 2.09. The summed E-state index contributed by atoms with van der Waals surface area (Å²) >= 11 is 0. The Kier molecular flexibility index (Phi) is 4.59. The Labute approximate surface area is 90.6 Å². The molecule has 0 heterocycles. The second-order valence-corrected chi connectivity index (χ2v) is 3.48. The Balaban J connectivity index is 3.08. The first-order valence-corrected chi connectivity index (χ1v) is 5.04. The van der Waals surface area contributed by atoms with E-state index in [1.54, 1.807) is 14.2 Å². The van der Waals surface area contributed by atoms with Gasteiger partial charge in [0.2, 0.25) is 0 Å². The number of benzene rings is 1. The molecule has 1 aromatic carbocycles. The molecule has 0 fully saturated rings. The third-order valence-corrected chi connectivity index (χ3v) is 2.34. The summed E-state index contributed by atoms with van der Waals surface area (Å²) in [6.07, 6.45) is 0.938. The van der Waals surface area contributed by atoms with Crippen molar-refractivity contribution in [3.8, 4) is 5.75 Å². The zero-order chi connectivity index (χ0) is 11.3. The molecule has 0 saturated heterocycles. The van der Waals surface area contributed by atoms with Crippen LogP contribution in [0.4, 0.5) is 0 Å². The van der Waals surface area contributed by atoms with E-state index in [1.807, 2.05) is 12.1 Å². The van der Waals surface area contributed by atoms with Gasteiger partial charge in [0.1, 0.15) is 5.75 Å². The highest BCUT2D eigenvalue weighted by molar-refractivity contribution is 5.43. The molecule has 0 aliphatic rings. The van der Waals surface area contributed by atoms with Crippen molar-refractivity contribution in [1.82, 2.24) is 0 Å². The number of rotatable bonds is 5. The summed E-state index contributed by atoms with van der Waals surface area (Å²) in [6, 6.07) is 3.94. The molecule has 0 spiro atoms. The molecule has 1 N–H and O–H groups in total. The van der Waals surface area contributed by atoms with Crippen LogP contribution in [0.25, 0.3) is 0 Å². The SMILES string of the molecule is CCc1cc(COC)c(O)c(COC)c1. The zero-order valence-corrected chi connectivity index (χ0v) is 9.54. The molecule has 0 saturated carbocycles. The van der Waals surface area contributed by atoms with E-state index in [4.69, 9.17) is 9.47 Å². The molecule has 1 aromatic rings. The first-order chi connectivity index (χ1) is 7.22. The lowest BCUT2D eigenvalue weighted by Gasteiger charge is -2.11. The maximum atomic E-state index is 9.91. The van der Waals surface area contributed by atoms with Gasteiger partial charge in [-0.05, 0) is 24.1 Å². The molecule has 0 amide bonds. The maximum Gasteiger partial charge on any atom is 0.126 e. The Morgan fingerprint density at radius 1 is 1.07 bits per heavy atom. The average Bonchev–Trinajstić information content (AvgIpc) is 2.24. The zero-order valence-electron chi connectivity index (χ0n) is 9.54. The van der Waals surface area contributed by atoms with E-state index in [1.165, 1.54) is 5.56 Å². The monoisotopic (exact) mass is 210 g/mol. The van der Waals surface area contributed by atoms with Gasteiger partial charge in [-0.3, -0.25) is 0 Å². The Bertz CT molecular complexity index is 294. The molecule has 3 heteroatoms. The van der Waals surface area contributed by atoms with Gasteiger partial charge in [0.25, 0.3) is 0 Å². The van der Waals surface area contributed by atoms with Crippen molar-refractivity contribution < 1.29 is 14.6 Å². The van der Waals surface area contributed by atoms with Crippen LogP contribution < -0.4 is 0 Å². The van der Waals surface area contributed by atoms with Gasteiger partial charge >= 0.3 is 0 Å². The molecule has 0 aromatic heterocycles. The van der Waals surface area contributed by atoms with Crippen molar-refractivity contribution in [2.24, 2.45) is 0 Å². The average molecular weight is 210 g/mol. The summed E-state index contributed by atoms with van der Waals surface area (Å²) in [5.74, 6) is 0.288. The number of methoxy groups -OCH3 is 2. The van der Waals surface area contributed by atoms with Gasteiger partial charge in [-0.15, -0.1) is 0 Å². The van der Waals surface area contributed by atoms with Crippen LogP contribution in [0.15, 0.2) is 12.1 Å². The molecule has 0 atom stereocenters. The molecule has 0 aliphatic heterocycles. The topological polar surface area (TPSA) is 38.7 Å². The largest absolute Gasteiger partial charge is 0.507 e. The number of hydrogen-bond acceptors (Lipinski definition) is 3. The maximum absolute atomic E-state index is 9.91. The van der Waals surface area contributed by atoms with Gasteiger partial charge in [0.05, 0.1) is 13.2 Å². The summed E-state index contributed by atoms with van der Waals surface area (Å²) in [5.41, 5.74) is 2.83. The van der Waals surface area contributed by atoms with E-state index in [-0.39, 0.29) is 5.75 Å². The van der Waals surface area contributed by atoms with Crippen LogP contribution in [0.5, 0.6) is 5.75 Å². The fourth-order valence-corrected chi connectivity index (χ4v) is 1.57. The van der Waals surface area contributed by atoms with Crippen molar-refractivity contribution in [1.29, 1.82) is 0 Å². The smallest absolute Gasteiger partial charge is 0.126 e. The van der Waals surface area contributed by atoms with E-state index in [2.05, 4.69) is 6.92 Å². The summed E-state index contributed by atoms with van der Waals surface area (Å²) < 4.78 is 10.1. The Morgan fingerprint density at radius 3 is 1.87 bits per heavy atom. The quantitative estimate of drug-likeness (QED) is 0.810. The Hall–Kier alpha value is -1.06. The van der Waals surface area contributed by atoms with E-state index < -0.39 is 0 Å². The number of hydrogen-bond donors (Lipinski definition) is 1. The minimum Gasteiger partial charge on any atom is -0.507 e. The second-order valence-electron chi connectivity index (χ2n) is 3.48. The number of phenolic OH excluding ortho intramolecular Hbond substituents is 1. The summed E-state index contributed by atoms with van der Waals surface area (Å²) in [7, 11) is 3.24. The van der Waals surface area contributed by atoms with Gasteiger partial charge in [-0.25, -0.2) is 0 Å². The van der Waals surface area contributed by atoms with Gasteiger partial charge < -0.3 is 14.6 Å². The van der Waals surface area contributed by atoms with Crippen LogP contribution in [0, 0.1) is 0 Å². The molecule has 15 heavy (non-hydrogen) atoms. The number of aromatic hydroxyl groups is 1. The molecule has 1 rings (SSSR count). The normalized spacial score (nSPS) is 10.6. The standard InChI is InChI=1S/C12H18O3/c1-4-9-5-10(7-14-2)12(13)11(6-9)8-15-3/h5-6,13H,4,7-8H2,1-3H3. The fourth-order valence-electron chi connectivity index (χ4n) is 1.57. The summed E-state index contributed by atoms with van der Waals surface area (Å²) in [6.45, 7) is 2.94. The van der Waals surface area contributed by atoms with Gasteiger partial charge in [0, 0.05) is 25.3 Å².